The Morgan fingerprint density at radius 1 is 0.769 bits per heavy atom. The van der Waals surface area contributed by atoms with Crippen molar-refractivity contribution in [2.75, 3.05) is 38.5 Å². The summed E-state index contributed by atoms with van der Waals surface area (Å²) >= 11 is 0. The molecule has 2 unspecified atom stereocenters. The number of carbonyl (C=O) groups is 2. The van der Waals surface area contributed by atoms with Gasteiger partial charge in [0, 0.05) is 56.9 Å². The molecule has 3 rings (SSSR count). The molecule has 0 saturated carbocycles. The Bertz CT molecular complexity index is 1130. The molecule has 2 atom stereocenters. The van der Waals surface area contributed by atoms with E-state index < -0.39 is 43.0 Å². The highest BCUT2D eigenvalue weighted by molar-refractivity contribution is 7.76. The van der Waals surface area contributed by atoms with Crippen LogP contribution in [0.5, 0.6) is 5.75 Å². The van der Waals surface area contributed by atoms with Crippen LogP contribution in [0, 0.1) is 0 Å². The van der Waals surface area contributed by atoms with Crippen LogP contribution in [0.4, 0.5) is 0 Å². The van der Waals surface area contributed by atoms with Crippen molar-refractivity contribution in [2.45, 2.75) is 83.1 Å². The number of hydrogen-bond acceptors (Lipinski definition) is 6. The molecule has 12 heteroatoms. The Hall–Kier alpha value is -1.70. The van der Waals surface area contributed by atoms with Crippen molar-refractivity contribution < 1.29 is 38.7 Å². The second kappa shape index (κ2) is 10.9. The van der Waals surface area contributed by atoms with Crippen LogP contribution in [0.25, 0.3) is 0 Å². The minimum absolute atomic E-state index is 0.0491. The van der Waals surface area contributed by atoms with Gasteiger partial charge in [0.15, 0.2) is 0 Å². The molecule has 2 amide bonds. The molecule has 39 heavy (non-hydrogen) atoms. The highest BCUT2D eigenvalue weighted by Gasteiger charge is 2.60. The number of carbonyl (C=O) groups excluding carboxylic acids is 2. The average molecular weight is 587 g/mol. The molecule has 220 valence electrons. The molecule has 2 heterocycles. The van der Waals surface area contributed by atoms with Crippen LogP contribution in [0.15, 0.2) is 12.1 Å². The molecule has 2 fully saturated rings. The predicted octanol–water partition coefficient (Wildman–Crippen LogP) is 3.88. The number of nitrogens with zero attached hydrogens (tertiary/aromatic N) is 2. The van der Waals surface area contributed by atoms with E-state index in [1.54, 1.807) is 0 Å². The van der Waals surface area contributed by atoms with Crippen molar-refractivity contribution in [1.29, 1.82) is 0 Å². The summed E-state index contributed by atoms with van der Waals surface area (Å²) in [6.07, 6.45) is 0.707. The average Bonchev–Trinajstić information content (AvgIpc) is 3.41. The smallest absolute Gasteiger partial charge is 0.247 e. The zero-order valence-electron chi connectivity index (χ0n) is 23.9. The van der Waals surface area contributed by atoms with Crippen molar-refractivity contribution in [3.63, 3.8) is 0 Å². The molecule has 1 aromatic rings. The summed E-state index contributed by atoms with van der Waals surface area (Å²) in [5.41, 5.74) is -0.874. The fraction of sp³-hybridized carbons (Fsp3) is 0.704. The zero-order valence-corrected chi connectivity index (χ0v) is 25.7. The van der Waals surface area contributed by atoms with Gasteiger partial charge < -0.3 is 29.8 Å². The third kappa shape index (κ3) is 6.31. The Labute approximate surface area is 231 Å². The lowest BCUT2D eigenvalue weighted by atomic mass is 9.78. The van der Waals surface area contributed by atoms with Crippen LogP contribution >= 0.6 is 14.7 Å². The molecule has 0 aliphatic carbocycles. The van der Waals surface area contributed by atoms with Gasteiger partial charge in [0.05, 0.1) is 0 Å². The Balaban J connectivity index is 2.19. The van der Waals surface area contributed by atoms with Crippen LogP contribution < -0.4 is 0 Å². The topological polar surface area (TPSA) is 156 Å². The van der Waals surface area contributed by atoms with E-state index in [2.05, 4.69) is 0 Å². The molecular weight excluding hydrogens is 542 g/mol. The summed E-state index contributed by atoms with van der Waals surface area (Å²) in [4.78, 5) is 50.1. The summed E-state index contributed by atoms with van der Waals surface area (Å²) in [6.45, 7) is 11.5. The molecule has 4 N–H and O–H groups in total. The molecule has 10 nitrogen and oxygen atoms in total. The van der Waals surface area contributed by atoms with E-state index in [0.717, 1.165) is 0 Å². The molecular formula is C27H44N2O8P2. The van der Waals surface area contributed by atoms with Crippen LogP contribution in [0.3, 0.4) is 0 Å². The summed E-state index contributed by atoms with van der Waals surface area (Å²) in [5.74, 6) is -0.396. The van der Waals surface area contributed by atoms with Gasteiger partial charge in [0.1, 0.15) is 5.75 Å². The number of aromatic hydroxyl groups is 1. The monoisotopic (exact) mass is 586 g/mol. The number of amides is 2. The van der Waals surface area contributed by atoms with Gasteiger partial charge in [0.2, 0.25) is 31.6 Å². The molecule has 0 aromatic heterocycles. The highest BCUT2D eigenvalue weighted by Crippen LogP contribution is 2.76. The molecule has 2 aliphatic rings. The molecule has 1 aromatic carbocycles. The molecule has 2 saturated heterocycles. The first kappa shape index (κ1) is 31.8. The van der Waals surface area contributed by atoms with E-state index in [9.17, 15) is 38.7 Å². The van der Waals surface area contributed by atoms with Gasteiger partial charge in [-0.2, -0.15) is 0 Å². The number of benzene rings is 1. The summed E-state index contributed by atoms with van der Waals surface area (Å²) in [6, 6.07) is 2.69. The number of hydrogen-bond donors (Lipinski definition) is 4. The molecule has 2 aliphatic heterocycles. The standard InChI is InChI=1S/C27H44N2O8P2/c1-25(2,3)20-17-19(18-21(24(20)32)26(4,5)6)27(33,38(34,35)15-13-28-11-7-9-22(28)30)39(36,37)16-14-29-12-8-10-23(29)31/h17-18,32-33H,7-16H2,1-6H3,(H,34,35)(H,36,37). The number of likely N-dealkylation sites (tertiary alicyclic amines) is 2. The summed E-state index contributed by atoms with van der Waals surface area (Å²) < 4.78 is 28.2. The van der Waals surface area contributed by atoms with Gasteiger partial charge >= 0.3 is 0 Å². The zero-order chi connectivity index (χ0) is 29.6. The fourth-order valence-corrected chi connectivity index (χ4v) is 10.6. The van der Waals surface area contributed by atoms with Crippen molar-refractivity contribution in [3.05, 3.63) is 28.8 Å². The van der Waals surface area contributed by atoms with E-state index in [4.69, 9.17) is 0 Å². The van der Waals surface area contributed by atoms with Gasteiger partial charge in [-0.3, -0.25) is 18.7 Å². The minimum atomic E-state index is -4.91. The quantitative estimate of drug-likeness (QED) is 0.318. The summed E-state index contributed by atoms with van der Waals surface area (Å²) in [5, 5.41) is 20.3. The maximum absolute atomic E-state index is 14.1. The highest BCUT2D eigenvalue weighted by atomic mass is 31.2. The maximum Gasteiger partial charge on any atom is 0.247 e. The first-order valence-corrected chi connectivity index (χ1v) is 17.2. The van der Waals surface area contributed by atoms with Crippen LogP contribution in [0.2, 0.25) is 0 Å². The third-order valence-electron chi connectivity index (χ3n) is 7.78. The van der Waals surface area contributed by atoms with Gasteiger partial charge in [-0.05, 0) is 46.9 Å². The fourth-order valence-electron chi connectivity index (χ4n) is 5.32. The third-order valence-corrected chi connectivity index (χ3v) is 13.7. The Morgan fingerprint density at radius 3 is 1.41 bits per heavy atom. The second-order valence-corrected chi connectivity index (χ2v) is 18.2. The largest absolute Gasteiger partial charge is 0.507 e. The Kier molecular flexibility index (Phi) is 8.93. The van der Waals surface area contributed by atoms with Crippen molar-refractivity contribution in [2.24, 2.45) is 0 Å². The number of phenolic OH excluding ortho intramolecular Hbond substituents is 1. The van der Waals surface area contributed by atoms with E-state index in [1.165, 1.54) is 21.9 Å². The molecule has 0 bridgehead atoms. The maximum atomic E-state index is 14.1. The normalized spacial score (nSPS) is 21.7. The van der Waals surface area contributed by atoms with Gasteiger partial charge in [-0.1, -0.05) is 41.5 Å². The van der Waals surface area contributed by atoms with E-state index in [-0.39, 0.29) is 36.2 Å². The van der Waals surface area contributed by atoms with Crippen molar-refractivity contribution >= 4 is 26.6 Å². The minimum Gasteiger partial charge on any atom is -0.507 e. The SMILES string of the molecule is CC(C)(C)c1cc(C(O)(P(=O)(O)CCN2CCCC2=O)P(=O)(O)CCN2CCCC2=O)cc(C(C)(C)C)c1O. The molecule has 0 radical (unpaired) electrons. The second-order valence-electron chi connectivity index (χ2n) is 12.9. The number of aliphatic hydroxyl groups is 1. The lowest BCUT2D eigenvalue weighted by Gasteiger charge is -2.39. The van der Waals surface area contributed by atoms with E-state index in [1.807, 2.05) is 41.5 Å². The predicted molar refractivity (Wildman–Crippen MR) is 150 cm³/mol. The van der Waals surface area contributed by atoms with E-state index in [0.29, 0.717) is 49.9 Å². The first-order chi connectivity index (χ1) is 17.7. The van der Waals surface area contributed by atoms with Gasteiger partial charge in [-0.15, -0.1) is 0 Å². The van der Waals surface area contributed by atoms with Crippen LogP contribution in [-0.4, -0.2) is 80.1 Å². The lowest BCUT2D eigenvalue weighted by Crippen LogP contribution is -2.36. The van der Waals surface area contributed by atoms with Crippen molar-refractivity contribution in [1.82, 2.24) is 9.80 Å². The van der Waals surface area contributed by atoms with Crippen molar-refractivity contribution in [3.8, 4) is 5.75 Å². The van der Waals surface area contributed by atoms with Gasteiger partial charge in [0.25, 0.3) is 0 Å². The van der Waals surface area contributed by atoms with Gasteiger partial charge in [-0.25, -0.2) is 0 Å². The van der Waals surface area contributed by atoms with Crippen LogP contribution in [0.1, 0.15) is 83.9 Å². The van der Waals surface area contributed by atoms with E-state index >= 15 is 0 Å². The van der Waals surface area contributed by atoms with Crippen LogP contribution in [-0.2, 0) is 34.6 Å². The first-order valence-electron chi connectivity index (χ1n) is 13.5. The number of rotatable bonds is 9. The Morgan fingerprint density at radius 2 is 1.13 bits per heavy atom. The number of phenols is 1. The lowest BCUT2D eigenvalue weighted by molar-refractivity contribution is -0.128. The summed E-state index contributed by atoms with van der Waals surface area (Å²) in [7, 11) is -9.82. The molecule has 0 spiro atoms.